The van der Waals surface area contributed by atoms with E-state index in [-0.39, 0.29) is 35.8 Å². The number of benzene rings is 1. The molecule has 0 saturated carbocycles. The molecule has 6 nitrogen and oxygen atoms in total. The van der Waals surface area contributed by atoms with E-state index in [0.717, 1.165) is 17.0 Å². The Hall–Kier alpha value is -2.83. The van der Waals surface area contributed by atoms with Crippen LogP contribution in [0.1, 0.15) is 48.0 Å². The second-order valence-electron chi connectivity index (χ2n) is 6.92. The number of nitrogens with zero attached hydrogens (tertiary/aromatic N) is 2. The van der Waals surface area contributed by atoms with Gasteiger partial charge in [-0.05, 0) is 23.1 Å². The molecule has 0 aliphatic rings. The van der Waals surface area contributed by atoms with Crippen molar-refractivity contribution in [1.82, 2.24) is 14.9 Å². The fraction of sp³-hybridized carbons (Fsp3) is 0.333. The largest absolute Gasteiger partial charge is 0.347 e. The Bertz CT molecular complexity index is 836. The van der Waals surface area contributed by atoms with Crippen LogP contribution >= 0.6 is 0 Å². The molecule has 7 heteroatoms. The van der Waals surface area contributed by atoms with E-state index >= 15 is 0 Å². The standard InChI is InChI=1S/C18H20FN3O3/c1-18(2,3)9-16(24)22-11-21-15(23)8-14(22)17(25)20-10-12-4-6-13(19)7-5-12/h4-8,11H,9-10H2,1-3H3,(H,20,25). The van der Waals surface area contributed by atoms with Gasteiger partial charge in [0.05, 0.1) is 0 Å². The highest BCUT2D eigenvalue weighted by atomic mass is 19.1. The Labute approximate surface area is 144 Å². The van der Waals surface area contributed by atoms with E-state index in [9.17, 15) is 18.8 Å². The van der Waals surface area contributed by atoms with E-state index in [4.69, 9.17) is 0 Å². The van der Waals surface area contributed by atoms with Crippen molar-refractivity contribution in [2.45, 2.75) is 33.7 Å². The van der Waals surface area contributed by atoms with Crippen molar-refractivity contribution in [2.75, 3.05) is 0 Å². The molecule has 0 radical (unpaired) electrons. The predicted molar refractivity (Wildman–Crippen MR) is 90.8 cm³/mol. The zero-order valence-corrected chi connectivity index (χ0v) is 14.4. The smallest absolute Gasteiger partial charge is 0.273 e. The molecule has 25 heavy (non-hydrogen) atoms. The normalized spacial score (nSPS) is 11.2. The lowest BCUT2D eigenvalue weighted by molar-refractivity contribution is 0.0825. The lowest BCUT2D eigenvalue weighted by atomic mass is 9.92. The molecule has 0 saturated heterocycles. The molecule has 1 aromatic heterocycles. The van der Waals surface area contributed by atoms with Gasteiger partial charge in [-0.3, -0.25) is 19.0 Å². The summed E-state index contributed by atoms with van der Waals surface area (Å²) in [6.07, 6.45) is 1.26. The van der Waals surface area contributed by atoms with Gasteiger partial charge in [0.1, 0.15) is 17.8 Å². The van der Waals surface area contributed by atoms with Gasteiger partial charge in [0.25, 0.3) is 11.5 Å². The molecule has 0 bridgehead atoms. The Morgan fingerprint density at radius 1 is 1.20 bits per heavy atom. The molecular formula is C18H20FN3O3. The molecule has 2 aromatic rings. The van der Waals surface area contributed by atoms with Gasteiger partial charge < -0.3 is 5.32 Å². The molecule has 1 heterocycles. The monoisotopic (exact) mass is 345 g/mol. The molecule has 2 rings (SSSR count). The van der Waals surface area contributed by atoms with Crippen LogP contribution in [0.5, 0.6) is 0 Å². The van der Waals surface area contributed by atoms with Crippen LogP contribution in [-0.2, 0) is 6.54 Å². The number of carbonyl (C=O) groups is 2. The van der Waals surface area contributed by atoms with Gasteiger partial charge in [-0.15, -0.1) is 0 Å². The summed E-state index contributed by atoms with van der Waals surface area (Å²) in [6, 6.07) is 6.69. The van der Waals surface area contributed by atoms with Gasteiger partial charge in [-0.25, -0.2) is 4.39 Å². The average molecular weight is 345 g/mol. The number of rotatable bonds is 4. The molecule has 1 aromatic carbocycles. The minimum atomic E-state index is -0.605. The van der Waals surface area contributed by atoms with Crippen LogP contribution < -0.4 is 10.9 Å². The molecule has 0 atom stereocenters. The van der Waals surface area contributed by atoms with Crippen molar-refractivity contribution in [3.63, 3.8) is 0 Å². The van der Waals surface area contributed by atoms with Crippen molar-refractivity contribution in [2.24, 2.45) is 5.41 Å². The number of halogens is 1. The Morgan fingerprint density at radius 3 is 2.44 bits per heavy atom. The fourth-order valence-corrected chi connectivity index (χ4v) is 2.19. The Morgan fingerprint density at radius 2 is 1.84 bits per heavy atom. The molecule has 0 spiro atoms. The molecule has 0 fully saturated rings. The highest BCUT2D eigenvalue weighted by Crippen LogP contribution is 2.19. The fourth-order valence-electron chi connectivity index (χ4n) is 2.19. The molecular weight excluding hydrogens is 325 g/mol. The van der Waals surface area contributed by atoms with E-state index < -0.39 is 11.5 Å². The summed E-state index contributed by atoms with van der Waals surface area (Å²) in [5, 5.41) is 2.62. The molecule has 0 aliphatic carbocycles. The van der Waals surface area contributed by atoms with Crippen molar-refractivity contribution in [3.05, 3.63) is 64.1 Å². The van der Waals surface area contributed by atoms with Crippen LogP contribution in [0.3, 0.4) is 0 Å². The maximum atomic E-state index is 12.9. The summed E-state index contributed by atoms with van der Waals surface area (Å²) in [6.45, 7) is 5.84. The Balaban J connectivity index is 2.20. The minimum absolute atomic E-state index is 0.0728. The number of amides is 1. The van der Waals surface area contributed by atoms with E-state index in [1.54, 1.807) is 12.1 Å². The number of nitrogens with one attached hydrogen (secondary N) is 1. The van der Waals surface area contributed by atoms with Gasteiger partial charge in [-0.2, -0.15) is 4.98 Å². The minimum Gasteiger partial charge on any atom is -0.347 e. The van der Waals surface area contributed by atoms with Crippen molar-refractivity contribution in [3.8, 4) is 0 Å². The van der Waals surface area contributed by atoms with E-state index in [0.29, 0.717) is 5.56 Å². The highest BCUT2D eigenvalue weighted by Gasteiger charge is 2.21. The van der Waals surface area contributed by atoms with Crippen LogP contribution in [0.25, 0.3) is 0 Å². The second-order valence-corrected chi connectivity index (χ2v) is 6.92. The van der Waals surface area contributed by atoms with Crippen LogP contribution in [0, 0.1) is 11.2 Å². The summed E-state index contributed by atoms with van der Waals surface area (Å²) in [5.41, 5.74) is -0.260. The van der Waals surface area contributed by atoms with Crippen LogP contribution in [0.4, 0.5) is 4.39 Å². The van der Waals surface area contributed by atoms with Crippen LogP contribution in [0.15, 0.2) is 41.5 Å². The third-order valence-corrected chi connectivity index (χ3v) is 3.37. The molecule has 0 aliphatic heterocycles. The summed E-state index contributed by atoms with van der Waals surface area (Å²) in [7, 11) is 0. The molecule has 1 N–H and O–H groups in total. The third-order valence-electron chi connectivity index (χ3n) is 3.37. The molecule has 132 valence electrons. The van der Waals surface area contributed by atoms with Crippen molar-refractivity contribution in [1.29, 1.82) is 0 Å². The van der Waals surface area contributed by atoms with Crippen molar-refractivity contribution < 1.29 is 14.0 Å². The van der Waals surface area contributed by atoms with Crippen LogP contribution in [0.2, 0.25) is 0 Å². The Kier molecular flexibility index (Phi) is 5.46. The SMILES string of the molecule is CC(C)(C)CC(=O)n1cnc(=O)cc1C(=O)NCc1ccc(F)cc1. The third kappa shape index (κ3) is 5.34. The van der Waals surface area contributed by atoms with Crippen LogP contribution in [-0.4, -0.2) is 21.4 Å². The zero-order chi connectivity index (χ0) is 18.6. The quantitative estimate of drug-likeness (QED) is 0.922. The predicted octanol–water partition coefficient (Wildman–Crippen LogP) is 2.39. The maximum absolute atomic E-state index is 12.9. The highest BCUT2D eigenvalue weighted by molar-refractivity contribution is 5.96. The lowest BCUT2D eigenvalue weighted by Gasteiger charge is -2.19. The molecule has 1 amide bonds. The average Bonchev–Trinajstić information content (AvgIpc) is 2.52. The summed E-state index contributed by atoms with van der Waals surface area (Å²) in [4.78, 5) is 39.9. The molecule has 0 unspecified atom stereocenters. The van der Waals surface area contributed by atoms with Gasteiger partial charge in [0.15, 0.2) is 0 Å². The number of carbonyl (C=O) groups excluding carboxylic acids is 2. The van der Waals surface area contributed by atoms with Crippen molar-refractivity contribution >= 4 is 11.8 Å². The maximum Gasteiger partial charge on any atom is 0.273 e. The topological polar surface area (TPSA) is 81.1 Å². The number of aromatic nitrogens is 2. The first-order valence-electron chi connectivity index (χ1n) is 7.80. The lowest BCUT2D eigenvalue weighted by Crippen LogP contribution is -2.32. The summed E-state index contributed by atoms with van der Waals surface area (Å²) >= 11 is 0. The first kappa shape index (κ1) is 18.5. The van der Waals surface area contributed by atoms with Gasteiger partial charge >= 0.3 is 0 Å². The van der Waals surface area contributed by atoms with E-state index in [2.05, 4.69) is 10.3 Å². The number of hydrogen-bond donors (Lipinski definition) is 1. The number of hydrogen-bond acceptors (Lipinski definition) is 4. The first-order chi connectivity index (χ1) is 11.7. The summed E-state index contributed by atoms with van der Waals surface area (Å²) < 4.78 is 14.0. The second kappa shape index (κ2) is 7.38. The first-order valence-corrected chi connectivity index (χ1v) is 7.80. The van der Waals surface area contributed by atoms with Gasteiger partial charge in [0, 0.05) is 19.0 Å². The van der Waals surface area contributed by atoms with Gasteiger partial charge in [-0.1, -0.05) is 32.9 Å². The zero-order valence-electron chi connectivity index (χ0n) is 14.4. The van der Waals surface area contributed by atoms with E-state index in [1.165, 1.54) is 12.1 Å². The van der Waals surface area contributed by atoms with E-state index in [1.807, 2.05) is 20.8 Å². The summed E-state index contributed by atoms with van der Waals surface area (Å²) in [5.74, 6) is -1.27. The van der Waals surface area contributed by atoms with Gasteiger partial charge in [0.2, 0.25) is 5.91 Å².